The van der Waals surface area contributed by atoms with E-state index in [9.17, 15) is 4.79 Å². The number of benzene rings is 1. The Kier molecular flexibility index (Phi) is 5.38. The van der Waals surface area contributed by atoms with Crippen molar-refractivity contribution in [2.75, 3.05) is 52.2 Å². The van der Waals surface area contributed by atoms with E-state index in [-0.39, 0.29) is 12.5 Å². The Morgan fingerprint density at radius 1 is 1.25 bits per heavy atom. The standard InChI is InChI=1S/C15H23N3O2/c1-17-7-9-18(10-8-17)15(19)12-20-11-6-13-4-2-3-5-14(13)16/h2-5H,6-12,16H2,1H3. The summed E-state index contributed by atoms with van der Waals surface area (Å²) in [5, 5.41) is 0. The van der Waals surface area contributed by atoms with E-state index in [4.69, 9.17) is 10.5 Å². The van der Waals surface area contributed by atoms with Gasteiger partial charge in [-0.25, -0.2) is 0 Å². The number of carbonyl (C=O) groups excluding carboxylic acids is 1. The third kappa shape index (κ3) is 4.21. The van der Waals surface area contributed by atoms with Crippen LogP contribution in [0.25, 0.3) is 0 Å². The zero-order valence-corrected chi connectivity index (χ0v) is 12.0. The van der Waals surface area contributed by atoms with E-state index in [1.165, 1.54) is 0 Å². The number of anilines is 1. The molecule has 1 aromatic carbocycles. The number of para-hydroxylation sites is 1. The number of ether oxygens (including phenoxy) is 1. The SMILES string of the molecule is CN1CCN(C(=O)COCCc2ccccc2N)CC1. The van der Waals surface area contributed by atoms with Crippen LogP contribution in [0.4, 0.5) is 5.69 Å². The second-order valence-electron chi connectivity index (χ2n) is 5.19. The van der Waals surface area contributed by atoms with E-state index in [2.05, 4.69) is 11.9 Å². The molecule has 0 aliphatic carbocycles. The molecule has 0 aromatic heterocycles. The number of nitrogen functional groups attached to an aromatic ring is 1. The van der Waals surface area contributed by atoms with Crippen molar-refractivity contribution in [1.82, 2.24) is 9.80 Å². The van der Waals surface area contributed by atoms with Crippen LogP contribution in [0.15, 0.2) is 24.3 Å². The van der Waals surface area contributed by atoms with Crippen molar-refractivity contribution in [2.45, 2.75) is 6.42 Å². The van der Waals surface area contributed by atoms with Crippen LogP contribution in [0.3, 0.4) is 0 Å². The summed E-state index contributed by atoms with van der Waals surface area (Å²) in [7, 11) is 2.07. The fourth-order valence-corrected chi connectivity index (χ4v) is 2.25. The van der Waals surface area contributed by atoms with Crippen LogP contribution in [0, 0.1) is 0 Å². The molecule has 0 atom stereocenters. The lowest BCUT2D eigenvalue weighted by Crippen LogP contribution is -2.48. The van der Waals surface area contributed by atoms with E-state index in [0.29, 0.717) is 6.61 Å². The first-order chi connectivity index (χ1) is 9.66. The van der Waals surface area contributed by atoms with Crippen molar-refractivity contribution in [3.05, 3.63) is 29.8 Å². The van der Waals surface area contributed by atoms with Gasteiger partial charge in [-0.1, -0.05) is 18.2 Å². The molecule has 1 aliphatic heterocycles. The van der Waals surface area contributed by atoms with Crippen molar-refractivity contribution in [3.63, 3.8) is 0 Å². The van der Waals surface area contributed by atoms with Crippen molar-refractivity contribution >= 4 is 11.6 Å². The van der Waals surface area contributed by atoms with E-state index in [1.807, 2.05) is 29.2 Å². The van der Waals surface area contributed by atoms with Gasteiger partial charge >= 0.3 is 0 Å². The molecule has 0 radical (unpaired) electrons. The molecule has 5 heteroatoms. The lowest BCUT2D eigenvalue weighted by atomic mass is 10.1. The summed E-state index contributed by atoms with van der Waals surface area (Å²) in [5.74, 6) is 0.0825. The third-order valence-corrected chi connectivity index (χ3v) is 3.65. The van der Waals surface area contributed by atoms with Crippen LogP contribution in [0.5, 0.6) is 0 Å². The molecule has 0 saturated carbocycles. The average molecular weight is 277 g/mol. The second kappa shape index (κ2) is 7.26. The Labute approximate surface area is 120 Å². The van der Waals surface area contributed by atoms with Crippen molar-refractivity contribution in [1.29, 1.82) is 0 Å². The van der Waals surface area contributed by atoms with Gasteiger partial charge in [0.1, 0.15) is 6.61 Å². The molecule has 1 amide bonds. The molecule has 1 saturated heterocycles. The molecule has 1 fully saturated rings. The predicted molar refractivity (Wildman–Crippen MR) is 79.5 cm³/mol. The zero-order valence-electron chi connectivity index (χ0n) is 12.0. The Balaban J connectivity index is 1.66. The summed E-state index contributed by atoms with van der Waals surface area (Å²) in [6, 6.07) is 7.74. The molecule has 1 heterocycles. The van der Waals surface area contributed by atoms with Crippen LogP contribution in [-0.2, 0) is 16.0 Å². The lowest BCUT2D eigenvalue weighted by Gasteiger charge is -2.32. The normalized spacial score (nSPS) is 16.4. The van der Waals surface area contributed by atoms with Gasteiger partial charge in [0, 0.05) is 31.9 Å². The molecule has 110 valence electrons. The number of amides is 1. The van der Waals surface area contributed by atoms with Gasteiger partial charge in [0.25, 0.3) is 0 Å². The highest BCUT2D eigenvalue weighted by Gasteiger charge is 2.18. The molecule has 0 spiro atoms. The highest BCUT2D eigenvalue weighted by molar-refractivity contribution is 5.77. The van der Waals surface area contributed by atoms with Gasteiger partial charge in [-0.05, 0) is 25.1 Å². The van der Waals surface area contributed by atoms with Gasteiger partial charge in [0.2, 0.25) is 5.91 Å². The Morgan fingerprint density at radius 2 is 1.95 bits per heavy atom. The number of likely N-dealkylation sites (N-methyl/N-ethyl adjacent to an activating group) is 1. The minimum Gasteiger partial charge on any atom is -0.399 e. The summed E-state index contributed by atoms with van der Waals surface area (Å²) >= 11 is 0. The molecule has 0 bridgehead atoms. The topological polar surface area (TPSA) is 58.8 Å². The summed E-state index contributed by atoms with van der Waals surface area (Å²) in [5.41, 5.74) is 7.71. The maximum atomic E-state index is 11.9. The number of piperazine rings is 1. The smallest absolute Gasteiger partial charge is 0.248 e. The number of hydrogen-bond donors (Lipinski definition) is 1. The highest BCUT2D eigenvalue weighted by Crippen LogP contribution is 2.11. The summed E-state index contributed by atoms with van der Waals surface area (Å²) < 4.78 is 5.47. The minimum absolute atomic E-state index is 0.0825. The van der Waals surface area contributed by atoms with Gasteiger partial charge < -0.3 is 20.3 Å². The van der Waals surface area contributed by atoms with Crippen LogP contribution in [0.1, 0.15) is 5.56 Å². The number of hydrogen-bond acceptors (Lipinski definition) is 4. The molecule has 20 heavy (non-hydrogen) atoms. The Morgan fingerprint density at radius 3 is 2.65 bits per heavy atom. The number of nitrogens with zero attached hydrogens (tertiary/aromatic N) is 2. The second-order valence-corrected chi connectivity index (χ2v) is 5.19. The molecule has 0 unspecified atom stereocenters. The number of nitrogens with two attached hydrogens (primary N) is 1. The first-order valence-electron chi connectivity index (χ1n) is 7.04. The molecule has 1 aliphatic rings. The van der Waals surface area contributed by atoms with Gasteiger partial charge in [0.05, 0.1) is 6.61 Å². The fourth-order valence-electron chi connectivity index (χ4n) is 2.25. The Hall–Kier alpha value is -1.59. The van der Waals surface area contributed by atoms with Crippen LogP contribution < -0.4 is 5.73 Å². The van der Waals surface area contributed by atoms with Crippen molar-refractivity contribution in [2.24, 2.45) is 0 Å². The quantitative estimate of drug-likeness (QED) is 0.632. The molecule has 5 nitrogen and oxygen atoms in total. The largest absolute Gasteiger partial charge is 0.399 e. The van der Waals surface area contributed by atoms with Crippen molar-refractivity contribution in [3.8, 4) is 0 Å². The lowest BCUT2D eigenvalue weighted by molar-refractivity contribution is -0.137. The van der Waals surface area contributed by atoms with E-state index >= 15 is 0 Å². The fraction of sp³-hybridized carbons (Fsp3) is 0.533. The average Bonchev–Trinajstić information content (AvgIpc) is 2.46. The molecular formula is C15H23N3O2. The van der Waals surface area contributed by atoms with Crippen LogP contribution >= 0.6 is 0 Å². The summed E-state index contributed by atoms with van der Waals surface area (Å²) in [6.07, 6.45) is 0.739. The van der Waals surface area contributed by atoms with Crippen molar-refractivity contribution < 1.29 is 9.53 Å². The van der Waals surface area contributed by atoms with E-state index < -0.39 is 0 Å². The van der Waals surface area contributed by atoms with Gasteiger partial charge in [-0.2, -0.15) is 0 Å². The first-order valence-corrected chi connectivity index (χ1v) is 7.04. The Bertz CT molecular complexity index is 442. The monoisotopic (exact) mass is 277 g/mol. The number of carbonyl (C=O) groups is 1. The molecule has 2 N–H and O–H groups in total. The maximum absolute atomic E-state index is 11.9. The minimum atomic E-state index is 0.0825. The highest BCUT2D eigenvalue weighted by atomic mass is 16.5. The van der Waals surface area contributed by atoms with Gasteiger partial charge in [-0.15, -0.1) is 0 Å². The summed E-state index contributed by atoms with van der Waals surface area (Å²) in [6.45, 7) is 4.15. The molecular weight excluding hydrogens is 254 g/mol. The van der Waals surface area contributed by atoms with E-state index in [0.717, 1.165) is 43.9 Å². The van der Waals surface area contributed by atoms with Gasteiger partial charge in [0.15, 0.2) is 0 Å². The first kappa shape index (κ1) is 14.8. The molecule has 2 rings (SSSR count). The zero-order chi connectivity index (χ0) is 14.4. The van der Waals surface area contributed by atoms with Crippen LogP contribution in [0.2, 0.25) is 0 Å². The number of rotatable bonds is 5. The van der Waals surface area contributed by atoms with E-state index in [1.54, 1.807) is 0 Å². The predicted octanol–water partition coefficient (Wildman–Crippen LogP) is 0.602. The van der Waals surface area contributed by atoms with Crippen LogP contribution in [-0.4, -0.2) is 62.1 Å². The summed E-state index contributed by atoms with van der Waals surface area (Å²) in [4.78, 5) is 16.0. The maximum Gasteiger partial charge on any atom is 0.248 e. The third-order valence-electron chi connectivity index (χ3n) is 3.65. The van der Waals surface area contributed by atoms with Gasteiger partial charge in [-0.3, -0.25) is 4.79 Å². The molecule has 1 aromatic rings.